The van der Waals surface area contributed by atoms with Crippen LogP contribution in [0.3, 0.4) is 0 Å². The van der Waals surface area contributed by atoms with Crippen molar-refractivity contribution < 1.29 is 14.7 Å². The Hall–Kier alpha value is -2.08. The largest absolute Gasteiger partial charge is 0.396 e. The molecule has 2 fully saturated rings. The molecule has 0 radical (unpaired) electrons. The van der Waals surface area contributed by atoms with Gasteiger partial charge in [0.05, 0.1) is 0 Å². The molecule has 2 heterocycles. The van der Waals surface area contributed by atoms with Gasteiger partial charge in [0.1, 0.15) is 0 Å². The van der Waals surface area contributed by atoms with E-state index in [-0.39, 0.29) is 12.6 Å². The van der Waals surface area contributed by atoms with Gasteiger partial charge >= 0.3 is 11.8 Å². The van der Waals surface area contributed by atoms with Crippen LogP contribution in [0.2, 0.25) is 0 Å². The van der Waals surface area contributed by atoms with Crippen LogP contribution in [0.5, 0.6) is 0 Å². The summed E-state index contributed by atoms with van der Waals surface area (Å²) in [7, 11) is 0. The van der Waals surface area contributed by atoms with Gasteiger partial charge in [-0.3, -0.25) is 9.59 Å². The van der Waals surface area contributed by atoms with E-state index in [0.717, 1.165) is 38.0 Å². The number of rotatable bonds is 4. The summed E-state index contributed by atoms with van der Waals surface area (Å²) in [6.45, 7) is 2.77. The van der Waals surface area contributed by atoms with Gasteiger partial charge in [0.2, 0.25) is 0 Å². The predicted molar refractivity (Wildman–Crippen MR) is 102 cm³/mol. The summed E-state index contributed by atoms with van der Waals surface area (Å²) in [5.74, 6) is -1.09. The number of nitrogens with one attached hydrogen (secondary N) is 1. The monoisotopic (exact) mass is 359 g/mol. The van der Waals surface area contributed by atoms with Gasteiger partial charge in [0, 0.05) is 43.7 Å². The topological polar surface area (TPSA) is 72.9 Å². The summed E-state index contributed by atoms with van der Waals surface area (Å²) in [4.78, 5) is 28.9. The first-order chi connectivity index (χ1) is 12.7. The summed E-state index contributed by atoms with van der Waals surface area (Å²) in [6.07, 6.45) is 7.06. The molecule has 1 atom stereocenters. The molecule has 0 aliphatic carbocycles. The van der Waals surface area contributed by atoms with Crippen molar-refractivity contribution >= 4 is 23.2 Å². The average molecular weight is 359 g/mol. The number of hydrogen-bond acceptors (Lipinski definition) is 4. The predicted octanol–water partition coefficient (Wildman–Crippen LogP) is 2.38. The number of anilines is 2. The summed E-state index contributed by atoms with van der Waals surface area (Å²) < 4.78 is 0. The van der Waals surface area contributed by atoms with E-state index in [0.29, 0.717) is 18.7 Å². The van der Waals surface area contributed by atoms with E-state index < -0.39 is 11.8 Å². The van der Waals surface area contributed by atoms with Crippen molar-refractivity contribution in [2.24, 2.45) is 0 Å². The van der Waals surface area contributed by atoms with Crippen LogP contribution in [-0.2, 0) is 9.59 Å². The first-order valence-electron chi connectivity index (χ1n) is 9.77. The number of carbonyl (C=O) groups is 2. The fourth-order valence-corrected chi connectivity index (χ4v) is 3.94. The maximum Gasteiger partial charge on any atom is 0.313 e. The molecule has 142 valence electrons. The number of aliphatic hydroxyl groups is 1. The molecule has 6 nitrogen and oxygen atoms in total. The summed E-state index contributed by atoms with van der Waals surface area (Å²) >= 11 is 0. The van der Waals surface area contributed by atoms with Crippen molar-refractivity contribution in [2.75, 3.05) is 36.5 Å². The lowest BCUT2D eigenvalue weighted by molar-refractivity contribution is -0.146. The molecule has 1 aromatic rings. The molecule has 2 aliphatic heterocycles. The van der Waals surface area contributed by atoms with Crippen LogP contribution in [0.1, 0.15) is 44.9 Å². The number of amides is 2. The van der Waals surface area contributed by atoms with Crippen molar-refractivity contribution in [1.82, 2.24) is 4.90 Å². The molecule has 3 rings (SSSR count). The highest BCUT2D eigenvalue weighted by Crippen LogP contribution is 2.23. The van der Waals surface area contributed by atoms with Gasteiger partial charge in [-0.25, -0.2) is 0 Å². The standard InChI is InChI=1S/C20H29N3O3/c24-15-11-18-6-2-5-14-23(18)20(26)19(25)21-16-7-9-17(10-8-16)22-12-3-1-4-13-22/h7-10,18,24H,1-6,11-15H2,(H,21,25). The van der Waals surface area contributed by atoms with Gasteiger partial charge < -0.3 is 20.2 Å². The van der Waals surface area contributed by atoms with Crippen LogP contribution in [0.4, 0.5) is 11.4 Å². The van der Waals surface area contributed by atoms with Crippen molar-refractivity contribution in [3.05, 3.63) is 24.3 Å². The molecule has 26 heavy (non-hydrogen) atoms. The first kappa shape index (κ1) is 18.7. The Morgan fingerprint density at radius 2 is 1.69 bits per heavy atom. The second-order valence-corrected chi connectivity index (χ2v) is 7.21. The SMILES string of the molecule is O=C(Nc1ccc(N2CCCCC2)cc1)C(=O)N1CCCCC1CCO. The number of nitrogens with zero attached hydrogens (tertiary/aromatic N) is 2. The lowest BCUT2D eigenvalue weighted by atomic mass is 9.99. The molecule has 2 saturated heterocycles. The zero-order valence-corrected chi connectivity index (χ0v) is 15.3. The number of piperidine rings is 2. The first-order valence-corrected chi connectivity index (χ1v) is 9.77. The van der Waals surface area contributed by atoms with Gasteiger partial charge in [0.15, 0.2) is 0 Å². The van der Waals surface area contributed by atoms with E-state index in [2.05, 4.69) is 10.2 Å². The lowest BCUT2D eigenvalue weighted by Gasteiger charge is -2.35. The third-order valence-corrected chi connectivity index (χ3v) is 5.39. The fraction of sp³-hybridized carbons (Fsp3) is 0.600. The van der Waals surface area contributed by atoms with E-state index in [1.54, 1.807) is 4.90 Å². The van der Waals surface area contributed by atoms with Crippen molar-refractivity contribution in [2.45, 2.75) is 51.0 Å². The summed E-state index contributed by atoms with van der Waals surface area (Å²) in [5.41, 5.74) is 1.80. The van der Waals surface area contributed by atoms with Crippen LogP contribution in [0.15, 0.2) is 24.3 Å². The molecular weight excluding hydrogens is 330 g/mol. The third-order valence-electron chi connectivity index (χ3n) is 5.39. The van der Waals surface area contributed by atoms with Crippen LogP contribution >= 0.6 is 0 Å². The van der Waals surface area contributed by atoms with E-state index >= 15 is 0 Å². The second-order valence-electron chi connectivity index (χ2n) is 7.21. The molecule has 0 saturated carbocycles. The number of aliphatic hydroxyl groups excluding tert-OH is 1. The molecular formula is C20H29N3O3. The molecule has 0 aromatic heterocycles. The minimum atomic E-state index is -0.597. The maximum atomic E-state index is 12.5. The van der Waals surface area contributed by atoms with Gasteiger partial charge in [-0.1, -0.05) is 0 Å². The van der Waals surface area contributed by atoms with Crippen LogP contribution in [0.25, 0.3) is 0 Å². The Morgan fingerprint density at radius 1 is 1.00 bits per heavy atom. The van der Waals surface area contributed by atoms with Crippen molar-refractivity contribution in [3.8, 4) is 0 Å². The Kier molecular flexibility index (Phi) is 6.50. The zero-order chi connectivity index (χ0) is 18.4. The quantitative estimate of drug-likeness (QED) is 0.810. The molecule has 2 N–H and O–H groups in total. The number of benzene rings is 1. The van der Waals surface area contributed by atoms with E-state index in [4.69, 9.17) is 0 Å². The van der Waals surface area contributed by atoms with E-state index in [9.17, 15) is 14.7 Å². The minimum Gasteiger partial charge on any atom is -0.396 e. The third kappa shape index (κ3) is 4.55. The average Bonchev–Trinajstić information content (AvgIpc) is 2.69. The molecule has 2 aliphatic rings. The number of hydrogen-bond donors (Lipinski definition) is 2. The zero-order valence-electron chi connectivity index (χ0n) is 15.3. The highest BCUT2D eigenvalue weighted by molar-refractivity contribution is 6.39. The van der Waals surface area contributed by atoms with Crippen molar-refractivity contribution in [1.29, 1.82) is 0 Å². The Bertz CT molecular complexity index is 609. The highest BCUT2D eigenvalue weighted by Gasteiger charge is 2.30. The number of carbonyl (C=O) groups excluding carboxylic acids is 2. The molecule has 1 unspecified atom stereocenters. The van der Waals surface area contributed by atoms with Gasteiger partial charge in [-0.15, -0.1) is 0 Å². The lowest BCUT2D eigenvalue weighted by Crippen LogP contribution is -2.48. The van der Waals surface area contributed by atoms with Crippen LogP contribution in [-0.4, -0.2) is 54.1 Å². The van der Waals surface area contributed by atoms with Crippen LogP contribution in [0, 0.1) is 0 Å². The summed E-state index contributed by atoms with van der Waals surface area (Å²) in [5, 5.41) is 11.9. The molecule has 2 amide bonds. The molecule has 0 spiro atoms. The highest BCUT2D eigenvalue weighted by atomic mass is 16.3. The maximum absolute atomic E-state index is 12.5. The molecule has 1 aromatic carbocycles. The minimum absolute atomic E-state index is 0.0338. The normalized spacial score (nSPS) is 20.7. The van der Waals surface area contributed by atoms with Gasteiger partial charge in [0.25, 0.3) is 0 Å². The Labute approximate surface area is 155 Å². The van der Waals surface area contributed by atoms with Crippen molar-refractivity contribution in [3.63, 3.8) is 0 Å². The Morgan fingerprint density at radius 3 is 2.38 bits per heavy atom. The molecule has 6 heteroatoms. The summed E-state index contributed by atoms with van der Waals surface area (Å²) in [6, 6.07) is 7.68. The van der Waals surface area contributed by atoms with E-state index in [1.165, 1.54) is 19.3 Å². The van der Waals surface area contributed by atoms with E-state index in [1.807, 2.05) is 24.3 Å². The van der Waals surface area contributed by atoms with Gasteiger partial charge in [-0.05, 0) is 69.2 Å². The smallest absolute Gasteiger partial charge is 0.313 e. The Balaban J connectivity index is 1.58. The van der Waals surface area contributed by atoms with Crippen LogP contribution < -0.4 is 10.2 Å². The number of likely N-dealkylation sites (tertiary alicyclic amines) is 1. The second kappa shape index (κ2) is 9.03. The molecule has 0 bridgehead atoms. The van der Waals surface area contributed by atoms with Gasteiger partial charge in [-0.2, -0.15) is 0 Å². The fourth-order valence-electron chi connectivity index (χ4n) is 3.94.